The van der Waals surface area contributed by atoms with Crippen LogP contribution < -0.4 is 11.5 Å². The molecule has 1 rings (SSSR count). The smallest absolute Gasteiger partial charge is 0.248 e. The van der Waals surface area contributed by atoms with E-state index >= 15 is 0 Å². The van der Waals surface area contributed by atoms with Gasteiger partial charge in [0.25, 0.3) is 0 Å². The molecule has 0 spiro atoms. The first kappa shape index (κ1) is 13.4. The molecular formula is C13H16N2OS. The maximum Gasteiger partial charge on any atom is 0.248 e. The molecule has 0 heterocycles. The average Bonchev–Trinajstić information content (AvgIpc) is 2.30. The zero-order chi connectivity index (χ0) is 13.0. The van der Waals surface area contributed by atoms with Gasteiger partial charge in [0.05, 0.1) is 0 Å². The molecule has 17 heavy (non-hydrogen) atoms. The molecular weight excluding hydrogens is 232 g/mol. The predicted molar refractivity (Wildman–Crippen MR) is 74.6 cm³/mol. The lowest BCUT2D eigenvalue weighted by Crippen LogP contribution is -2.11. The van der Waals surface area contributed by atoms with Crippen molar-refractivity contribution in [3.8, 4) is 0 Å². The van der Waals surface area contributed by atoms with E-state index in [9.17, 15) is 4.79 Å². The van der Waals surface area contributed by atoms with Crippen LogP contribution in [0.15, 0.2) is 34.9 Å². The van der Waals surface area contributed by atoms with Crippen LogP contribution in [0.2, 0.25) is 0 Å². The number of carbonyl (C=O) groups excluding carboxylic acids is 1. The maximum atomic E-state index is 11.1. The van der Waals surface area contributed by atoms with Gasteiger partial charge in [-0.1, -0.05) is 6.07 Å². The van der Waals surface area contributed by atoms with Crippen LogP contribution in [0.5, 0.6) is 0 Å². The number of thiol groups is 1. The number of rotatable bonds is 3. The number of hydrogen-bond acceptors (Lipinski definition) is 3. The minimum absolute atomic E-state index is 0.445. The summed E-state index contributed by atoms with van der Waals surface area (Å²) in [6.45, 7) is 3.82. The summed E-state index contributed by atoms with van der Waals surface area (Å²) >= 11 is 4.04. The molecule has 1 amide bonds. The predicted octanol–water partition coefficient (Wildman–Crippen LogP) is 2.23. The highest BCUT2D eigenvalue weighted by atomic mass is 32.1. The average molecular weight is 248 g/mol. The van der Waals surface area contributed by atoms with Crippen molar-refractivity contribution in [2.75, 3.05) is 0 Å². The van der Waals surface area contributed by atoms with Gasteiger partial charge in [0, 0.05) is 11.3 Å². The van der Waals surface area contributed by atoms with E-state index in [-0.39, 0.29) is 0 Å². The minimum Gasteiger partial charge on any atom is -0.398 e. The number of primary amides is 1. The Kier molecular flexibility index (Phi) is 4.40. The number of benzene rings is 1. The van der Waals surface area contributed by atoms with Crippen molar-refractivity contribution < 1.29 is 4.79 Å². The molecule has 3 nitrogen and oxygen atoms in total. The van der Waals surface area contributed by atoms with Crippen LogP contribution >= 0.6 is 12.6 Å². The number of carbonyl (C=O) groups is 1. The Morgan fingerprint density at radius 3 is 2.53 bits per heavy atom. The van der Waals surface area contributed by atoms with E-state index < -0.39 is 5.91 Å². The lowest BCUT2D eigenvalue weighted by atomic mass is 10.0. The molecule has 0 unspecified atom stereocenters. The van der Waals surface area contributed by atoms with E-state index in [1.165, 1.54) is 0 Å². The third-order valence-corrected chi connectivity index (χ3v) is 2.91. The SMILES string of the molecule is CC(=C/S)/C(N)=C/c1cc(C(N)=O)ccc1C. The molecule has 1 aromatic carbocycles. The van der Waals surface area contributed by atoms with Gasteiger partial charge >= 0.3 is 0 Å². The molecule has 0 aliphatic heterocycles. The zero-order valence-corrected chi connectivity index (χ0v) is 10.8. The van der Waals surface area contributed by atoms with Gasteiger partial charge in [0.2, 0.25) is 5.91 Å². The molecule has 0 saturated heterocycles. The second kappa shape index (κ2) is 5.59. The zero-order valence-electron chi connectivity index (χ0n) is 9.90. The number of nitrogens with two attached hydrogens (primary N) is 2. The van der Waals surface area contributed by atoms with Crippen LogP contribution in [0, 0.1) is 6.92 Å². The number of allylic oxidation sites excluding steroid dienone is 1. The van der Waals surface area contributed by atoms with Crippen LogP contribution in [0.1, 0.15) is 28.4 Å². The lowest BCUT2D eigenvalue weighted by molar-refractivity contribution is 0.100. The fourth-order valence-corrected chi connectivity index (χ4v) is 1.45. The van der Waals surface area contributed by atoms with Gasteiger partial charge in [-0.25, -0.2) is 0 Å². The van der Waals surface area contributed by atoms with Crippen molar-refractivity contribution in [1.29, 1.82) is 0 Å². The molecule has 0 radical (unpaired) electrons. The van der Waals surface area contributed by atoms with Crippen molar-refractivity contribution in [1.82, 2.24) is 0 Å². The van der Waals surface area contributed by atoms with E-state index in [0.29, 0.717) is 11.3 Å². The summed E-state index contributed by atoms with van der Waals surface area (Å²) in [6.07, 6.45) is 1.81. The Bertz CT molecular complexity index is 504. The second-order valence-corrected chi connectivity index (χ2v) is 4.11. The number of amides is 1. The molecule has 4 heteroatoms. The molecule has 0 atom stereocenters. The highest BCUT2D eigenvalue weighted by Crippen LogP contribution is 2.16. The lowest BCUT2D eigenvalue weighted by Gasteiger charge is -2.05. The van der Waals surface area contributed by atoms with Crippen molar-refractivity contribution in [2.24, 2.45) is 11.5 Å². The van der Waals surface area contributed by atoms with E-state index in [4.69, 9.17) is 11.5 Å². The number of hydrogen-bond donors (Lipinski definition) is 3. The Balaban J connectivity index is 3.22. The Labute approximate surface area is 107 Å². The molecule has 0 saturated carbocycles. The van der Waals surface area contributed by atoms with Gasteiger partial charge in [-0.05, 0) is 54.2 Å². The maximum absolute atomic E-state index is 11.1. The van der Waals surface area contributed by atoms with Gasteiger partial charge in [0.15, 0.2) is 0 Å². The molecule has 0 aliphatic rings. The van der Waals surface area contributed by atoms with Crippen LogP contribution in [0.3, 0.4) is 0 Å². The monoisotopic (exact) mass is 248 g/mol. The molecule has 4 N–H and O–H groups in total. The van der Waals surface area contributed by atoms with Crippen molar-refractivity contribution in [2.45, 2.75) is 13.8 Å². The van der Waals surface area contributed by atoms with Gasteiger partial charge < -0.3 is 11.5 Å². The molecule has 0 aliphatic carbocycles. The first-order chi connectivity index (χ1) is 7.95. The van der Waals surface area contributed by atoms with Gasteiger partial charge in [-0.2, -0.15) is 12.6 Å². The Morgan fingerprint density at radius 2 is 2.00 bits per heavy atom. The standard InChI is InChI=1S/C13H16N2OS/c1-8-3-4-10(13(15)16)5-11(8)6-12(14)9(2)7-17/h3-7,17H,14H2,1-2H3,(H2,15,16)/b9-7-,12-6-. The summed E-state index contributed by atoms with van der Waals surface area (Å²) in [5.41, 5.74) is 15.0. The quantitative estimate of drug-likeness (QED) is 0.567. The van der Waals surface area contributed by atoms with Gasteiger partial charge in [0.1, 0.15) is 0 Å². The van der Waals surface area contributed by atoms with Gasteiger partial charge in [-0.3, -0.25) is 4.79 Å². The van der Waals surface area contributed by atoms with Gasteiger partial charge in [-0.15, -0.1) is 0 Å². The van der Waals surface area contributed by atoms with Crippen molar-refractivity contribution >= 4 is 24.6 Å². The molecule has 0 fully saturated rings. The van der Waals surface area contributed by atoms with Crippen LogP contribution in [0.4, 0.5) is 0 Å². The summed E-state index contributed by atoms with van der Waals surface area (Å²) in [5.74, 6) is -0.445. The fraction of sp³-hybridized carbons (Fsp3) is 0.154. The number of aryl methyl sites for hydroxylation is 1. The topological polar surface area (TPSA) is 69.1 Å². The third-order valence-electron chi connectivity index (χ3n) is 2.52. The summed E-state index contributed by atoms with van der Waals surface area (Å²) in [7, 11) is 0. The Hall–Kier alpha value is -1.68. The normalized spacial score (nSPS) is 12.6. The second-order valence-electron chi connectivity index (χ2n) is 3.85. The molecule has 0 bridgehead atoms. The van der Waals surface area contributed by atoms with Crippen molar-refractivity contribution in [3.63, 3.8) is 0 Å². The molecule has 0 aromatic heterocycles. The summed E-state index contributed by atoms with van der Waals surface area (Å²) in [6, 6.07) is 5.28. The van der Waals surface area contributed by atoms with E-state index in [1.54, 1.807) is 17.5 Å². The minimum atomic E-state index is -0.445. The van der Waals surface area contributed by atoms with E-state index in [2.05, 4.69) is 12.6 Å². The first-order valence-electron chi connectivity index (χ1n) is 5.14. The summed E-state index contributed by atoms with van der Waals surface area (Å²) in [5, 5.41) is 1.64. The highest BCUT2D eigenvalue weighted by molar-refractivity contribution is 7.83. The largest absolute Gasteiger partial charge is 0.398 e. The summed E-state index contributed by atoms with van der Waals surface area (Å²) < 4.78 is 0. The Morgan fingerprint density at radius 1 is 1.35 bits per heavy atom. The third kappa shape index (κ3) is 3.39. The molecule has 1 aromatic rings. The first-order valence-corrected chi connectivity index (χ1v) is 5.66. The van der Waals surface area contributed by atoms with Crippen LogP contribution in [-0.2, 0) is 0 Å². The molecule has 90 valence electrons. The van der Waals surface area contributed by atoms with E-state index in [0.717, 1.165) is 16.7 Å². The van der Waals surface area contributed by atoms with Crippen molar-refractivity contribution in [3.05, 3.63) is 51.6 Å². The summed E-state index contributed by atoms with van der Waals surface area (Å²) in [4.78, 5) is 11.1. The van der Waals surface area contributed by atoms with Crippen LogP contribution in [0.25, 0.3) is 6.08 Å². The highest BCUT2D eigenvalue weighted by Gasteiger charge is 2.04. The fourth-order valence-electron chi connectivity index (χ4n) is 1.31. The van der Waals surface area contributed by atoms with E-state index in [1.807, 2.05) is 26.0 Å². The van der Waals surface area contributed by atoms with Crippen LogP contribution in [-0.4, -0.2) is 5.91 Å².